The van der Waals surface area contributed by atoms with Gasteiger partial charge in [0.05, 0.1) is 5.69 Å². The summed E-state index contributed by atoms with van der Waals surface area (Å²) in [6, 6.07) is 10.6. The van der Waals surface area contributed by atoms with Crippen LogP contribution in [0.15, 0.2) is 36.4 Å². The van der Waals surface area contributed by atoms with E-state index in [4.69, 9.17) is 20.4 Å². The van der Waals surface area contributed by atoms with Crippen LogP contribution in [0.3, 0.4) is 0 Å². The first-order chi connectivity index (χ1) is 16.5. The van der Waals surface area contributed by atoms with E-state index in [2.05, 4.69) is 15.5 Å². The highest BCUT2D eigenvalue weighted by molar-refractivity contribution is 5.88. The number of benzene rings is 2. The standard InChI is InChI=1S/C25H25FN6O2/c1-28-21-7-14(26)6-18-17(21)9-22-23(18)24(32-10-13-5-20(27)19(13)11-32)31-25(30-22)34-16-4-2-3-15(8-16)29-12-33/h2-4,6-8,12-13,19-20,28H,5,9-11,27H2,1H3,(H,29,33)/t13?,19?,20-/m1/s1. The summed E-state index contributed by atoms with van der Waals surface area (Å²) >= 11 is 0. The molecule has 0 spiro atoms. The smallest absolute Gasteiger partial charge is 0.324 e. The van der Waals surface area contributed by atoms with Crippen molar-refractivity contribution in [1.29, 1.82) is 0 Å². The quantitative estimate of drug-likeness (QED) is 0.379. The van der Waals surface area contributed by atoms with Gasteiger partial charge in [-0.05, 0) is 53.6 Å². The minimum atomic E-state index is -0.301. The summed E-state index contributed by atoms with van der Waals surface area (Å²) in [6.45, 7) is 1.68. The normalized spacial score (nSPS) is 21.9. The first-order valence-electron chi connectivity index (χ1n) is 11.4. The van der Waals surface area contributed by atoms with Crippen molar-refractivity contribution in [3.8, 4) is 22.9 Å². The Balaban J connectivity index is 1.44. The van der Waals surface area contributed by atoms with Crippen molar-refractivity contribution in [1.82, 2.24) is 9.97 Å². The Bertz CT molecular complexity index is 1300. The van der Waals surface area contributed by atoms with E-state index in [0.717, 1.165) is 53.4 Å². The van der Waals surface area contributed by atoms with Gasteiger partial charge in [0.2, 0.25) is 6.41 Å². The second-order valence-electron chi connectivity index (χ2n) is 9.18. The van der Waals surface area contributed by atoms with Gasteiger partial charge in [-0.15, -0.1) is 0 Å². The minimum absolute atomic E-state index is 0.217. The second-order valence-corrected chi connectivity index (χ2v) is 9.18. The molecule has 2 aliphatic carbocycles. The summed E-state index contributed by atoms with van der Waals surface area (Å²) in [6.07, 6.45) is 2.19. The molecule has 8 nitrogen and oxygen atoms in total. The molecule has 3 aliphatic rings. The van der Waals surface area contributed by atoms with Crippen molar-refractivity contribution in [2.24, 2.45) is 17.6 Å². The number of hydrogen-bond acceptors (Lipinski definition) is 7. The monoisotopic (exact) mass is 460 g/mol. The Morgan fingerprint density at radius 2 is 2.12 bits per heavy atom. The predicted molar refractivity (Wildman–Crippen MR) is 128 cm³/mol. The van der Waals surface area contributed by atoms with E-state index in [9.17, 15) is 9.18 Å². The number of aromatic nitrogens is 2. The van der Waals surface area contributed by atoms with E-state index in [1.807, 2.05) is 0 Å². The van der Waals surface area contributed by atoms with Crippen molar-refractivity contribution in [3.63, 3.8) is 0 Å². The van der Waals surface area contributed by atoms with Gasteiger partial charge in [0.25, 0.3) is 0 Å². The number of nitrogens with two attached hydrogens (primary N) is 1. The second kappa shape index (κ2) is 7.95. The molecule has 1 amide bonds. The molecule has 9 heteroatoms. The summed E-state index contributed by atoms with van der Waals surface area (Å²) in [5.41, 5.74) is 11.1. The van der Waals surface area contributed by atoms with Gasteiger partial charge in [0.15, 0.2) is 0 Å². The zero-order valence-electron chi connectivity index (χ0n) is 18.7. The number of carbonyl (C=O) groups excluding carboxylic acids is 1. The zero-order valence-corrected chi connectivity index (χ0v) is 18.7. The average molecular weight is 461 g/mol. The molecule has 3 aromatic rings. The maximum Gasteiger partial charge on any atom is 0.324 e. The average Bonchev–Trinajstić information content (AvgIpc) is 3.36. The number of rotatable bonds is 6. The third-order valence-corrected chi connectivity index (χ3v) is 7.23. The summed E-state index contributed by atoms with van der Waals surface area (Å²) in [7, 11) is 1.79. The van der Waals surface area contributed by atoms with Crippen LogP contribution in [0, 0.1) is 17.7 Å². The minimum Gasteiger partial charge on any atom is -0.424 e. The van der Waals surface area contributed by atoms with Gasteiger partial charge >= 0.3 is 6.01 Å². The third kappa shape index (κ3) is 3.35. The fourth-order valence-corrected chi connectivity index (χ4v) is 5.55. The Morgan fingerprint density at radius 3 is 2.88 bits per heavy atom. The molecule has 2 fully saturated rings. The summed E-state index contributed by atoms with van der Waals surface area (Å²) in [5, 5.41) is 5.73. The van der Waals surface area contributed by atoms with E-state index in [1.54, 1.807) is 37.4 Å². The van der Waals surface area contributed by atoms with Crippen molar-refractivity contribution in [3.05, 3.63) is 53.5 Å². The van der Waals surface area contributed by atoms with Gasteiger partial charge in [-0.2, -0.15) is 9.97 Å². The molecule has 1 aromatic heterocycles. The van der Waals surface area contributed by atoms with E-state index >= 15 is 0 Å². The molecule has 6 rings (SSSR count). The highest BCUT2D eigenvalue weighted by Crippen LogP contribution is 2.48. The van der Waals surface area contributed by atoms with Crippen LogP contribution in [0.25, 0.3) is 11.1 Å². The number of amides is 1. The number of ether oxygens (including phenoxy) is 1. The number of fused-ring (bicyclic) bond motifs is 4. The fourth-order valence-electron chi connectivity index (χ4n) is 5.55. The lowest BCUT2D eigenvalue weighted by molar-refractivity contribution is -0.105. The molecule has 1 saturated carbocycles. The van der Waals surface area contributed by atoms with Crippen molar-refractivity contribution < 1.29 is 13.9 Å². The van der Waals surface area contributed by atoms with Gasteiger partial charge in [-0.1, -0.05) is 6.07 Å². The number of nitrogens with zero attached hydrogens (tertiary/aromatic N) is 3. The molecule has 2 unspecified atom stereocenters. The highest BCUT2D eigenvalue weighted by Gasteiger charge is 2.46. The van der Waals surface area contributed by atoms with Crippen molar-refractivity contribution in [2.45, 2.75) is 18.9 Å². The molecular formula is C25H25FN6O2. The Morgan fingerprint density at radius 1 is 1.24 bits per heavy atom. The number of halogens is 1. The van der Waals surface area contributed by atoms with Crippen molar-refractivity contribution in [2.75, 3.05) is 35.7 Å². The molecule has 4 N–H and O–H groups in total. The molecular weight excluding hydrogens is 435 g/mol. The lowest BCUT2D eigenvalue weighted by atomic mass is 9.72. The highest BCUT2D eigenvalue weighted by atomic mass is 19.1. The van der Waals surface area contributed by atoms with Crippen LogP contribution in [-0.4, -0.2) is 42.6 Å². The van der Waals surface area contributed by atoms with E-state index in [0.29, 0.717) is 36.1 Å². The fraction of sp³-hybridized carbons (Fsp3) is 0.320. The van der Waals surface area contributed by atoms with Gasteiger partial charge in [-0.3, -0.25) is 4.79 Å². The SMILES string of the molecule is CNc1cc(F)cc2c1Cc1nc(Oc3cccc(NC=O)c3)nc(N3CC4C[C@@H](N)C4C3)c1-2. The molecule has 174 valence electrons. The topological polar surface area (TPSA) is 105 Å². The summed E-state index contributed by atoms with van der Waals surface area (Å²) < 4.78 is 20.5. The van der Waals surface area contributed by atoms with Gasteiger partial charge in [0.1, 0.15) is 17.4 Å². The Kier molecular flexibility index (Phi) is 4.88. The van der Waals surface area contributed by atoms with Crippen LogP contribution in [0.1, 0.15) is 17.7 Å². The van der Waals surface area contributed by atoms with Crippen LogP contribution < -0.4 is 26.0 Å². The maximum absolute atomic E-state index is 14.5. The van der Waals surface area contributed by atoms with Gasteiger partial charge in [-0.25, -0.2) is 4.39 Å². The van der Waals surface area contributed by atoms with Gasteiger partial charge in [0, 0.05) is 55.6 Å². The van der Waals surface area contributed by atoms with Gasteiger partial charge < -0.3 is 26.0 Å². The molecule has 34 heavy (non-hydrogen) atoms. The molecule has 2 aromatic carbocycles. The van der Waals surface area contributed by atoms with Crippen LogP contribution in [0.4, 0.5) is 21.6 Å². The molecule has 1 saturated heterocycles. The first kappa shape index (κ1) is 20.9. The van der Waals surface area contributed by atoms with E-state index in [1.165, 1.54) is 6.07 Å². The Hall–Kier alpha value is -3.72. The number of carbonyl (C=O) groups is 1. The number of anilines is 3. The van der Waals surface area contributed by atoms with Crippen LogP contribution in [0.2, 0.25) is 0 Å². The maximum atomic E-state index is 14.5. The zero-order chi connectivity index (χ0) is 23.4. The lowest BCUT2D eigenvalue weighted by Gasteiger charge is -2.36. The largest absolute Gasteiger partial charge is 0.424 e. The predicted octanol–water partition coefficient (Wildman–Crippen LogP) is 3.37. The number of hydrogen-bond donors (Lipinski definition) is 3. The summed E-state index contributed by atoms with van der Waals surface area (Å²) in [5.74, 6) is 1.97. The van der Waals surface area contributed by atoms with Crippen LogP contribution in [0.5, 0.6) is 11.8 Å². The number of nitrogens with one attached hydrogen (secondary N) is 2. The van der Waals surface area contributed by atoms with Crippen LogP contribution in [-0.2, 0) is 11.2 Å². The van der Waals surface area contributed by atoms with E-state index < -0.39 is 0 Å². The van der Waals surface area contributed by atoms with Crippen molar-refractivity contribution >= 4 is 23.6 Å². The Labute approximate surface area is 196 Å². The summed E-state index contributed by atoms with van der Waals surface area (Å²) in [4.78, 5) is 22.6. The lowest BCUT2D eigenvalue weighted by Crippen LogP contribution is -2.46. The molecule has 0 bridgehead atoms. The van der Waals surface area contributed by atoms with E-state index in [-0.39, 0.29) is 17.9 Å². The molecule has 3 atom stereocenters. The third-order valence-electron chi connectivity index (χ3n) is 7.23. The molecule has 2 heterocycles. The molecule has 1 aliphatic heterocycles. The van der Waals surface area contributed by atoms with Crippen LogP contribution >= 0.6 is 0 Å². The molecule has 0 radical (unpaired) electrons. The first-order valence-corrected chi connectivity index (χ1v) is 11.4.